The van der Waals surface area contributed by atoms with Gasteiger partial charge in [-0.1, -0.05) is 13.0 Å². The van der Waals surface area contributed by atoms with Crippen LogP contribution in [0.3, 0.4) is 0 Å². The molecule has 0 amide bonds. The topological polar surface area (TPSA) is 40.5 Å². The molecule has 3 nitrogen and oxygen atoms in total. The average Bonchev–Trinajstić information content (AvgIpc) is 2.33. The zero-order valence-corrected chi connectivity index (χ0v) is 11.8. The molecule has 0 radical (unpaired) electrons. The highest BCUT2D eigenvalue weighted by Crippen LogP contribution is 2.16. The molecule has 0 spiro atoms. The van der Waals surface area contributed by atoms with Crippen molar-refractivity contribution in [2.45, 2.75) is 27.7 Å². The van der Waals surface area contributed by atoms with E-state index in [9.17, 15) is 4.79 Å². The van der Waals surface area contributed by atoms with Crippen LogP contribution in [0.15, 0.2) is 12.1 Å². The first-order valence-corrected chi connectivity index (χ1v) is 6.43. The van der Waals surface area contributed by atoms with E-state index in [4.69, 9.17) is 5.11 Å². The van der Waals surface area contributed by atoms with Gasteiger partial charge in [0.15, 0.2) is 5.78 Å². The number of hydrogen-bond donors (Lipinski definition) is 1. The molecule has 0 fully saturated rings. The minimum Gasteiger partial charge on any atom is -0.395 e. The summed E-state index contributed by atoms with van der Waals surface area (Å²) < 4.78 is 0. The van der Waals surface area contributed by atoms with Crippen molar-refractivity contribution >= 4 is 5.78 Å². The molecule has 0 saturated carbocycles. The van der Waals surface area contributed by atoms with E-state index < -0.39 is 0 Å². The number of rotatable bonds is 6. The van der Waals surface area contributed by atoms with Crippen molar-refractivity contribution in [3.05, 3.63) is 34.4 Å². The van der Waals surface area contributed by atoms with Gasteiger partial charge in [-0.25, -0.2) is 0 Å². The number of benzene rings is 1. The van der Waals surface area contributed by atoms with Crippen LogP contribution in [-0.2, 0) is 0 Å². The summed E-state index contributed by atoms with van der Waals surface area (Å²) in [6.07, 6.45) is 0. The van der Waals surface area contributed by atoms with Gasteiger partial charge >= 0.3 is 0 Å². The van der Waals surface area contributed by atoms with Crippen molar-refractivity contribution in [3.8, 4) is 0 Å². The van der Waals surface area contributed by atoms with Crippen molar-refractivity contribution in [2.24, 2.45) is 0 Å². The van der Waals surface area contributed by atoms with Crippen molar-refractivity contribution in [2.75, 3.05) is 26.2 Å². The summed E-state index contributed by atoms with van der Waals surface area (Å²) in [4.78, 5) is 14.2. The van der Waals surface area contributed by atoms with Gasteiger partial charge in [0, 0.05) is 12.1 Å². The predicted molar refractivity (Wildman–Crippen MR) is 74.2 cm³/mol. The minimum atomic E-state index is 0.0903. The van der Waals surface area contributed by atoms with Crippen LogP contribution in [-0.4, -0.2) is 42.0 Å². The van der Waals surface area contributed by atoms with Gasteiger partial charge in [-0.3, -0.25) is 9.69 Å². The SMILES string of the molecule is CCN(CCO)CC(=O)c1cc(C)c(C)cc1C. The second kappa shape index (κ2) is 6.66. The monoisotopic (exact) mass is 249 g/mol. The van der Waals surface area contributed by atoms with Gasteiger partial charge in [0.1, 0.15) is 0 Å². The van der Waals surface area contributed by atoms with Crippen LogP contribution < -0.4 is 0 Å². The first-order chi connectivity index (χ1) is 8.49. The Balaban J connectivity index is 2.87. The molecule has 3 heteroatoms. The lowest BCUT2D eigenvalue weighted by Crippen LogP contribution is -2.32. The predicted octanol–water partition coefficient (Wildman–Crippen LogP) is 2.11. The largest absolute Gasteiger partial charge is 0.395 e. The zero-order chi connectivity index (χ0) is 13.7. The maximum Gasteiger partial charge on any atom is 0.177 e. The molecule has 0 aromatic heterocycles. The van der Waals surface area contributed by atoms with E-state index >= 15 is 0 Å². The molecule has 0 atom stereocenters. The third-order valence-corrected chi connectivity index (χ3v) is 3.37. The molecule has 0 aliphatic rings. The zero-order valence-electron chi connectivity index (χ0n) is 11.8. The van der Waals surface area contributed by atoms with Gasteiger partial charge in [-0.05, 0) is 50.1 Å². The number of nitrogens with zero attached hydrogens (tertiary/aromatic N) is 1. The lowest BCUT2D eigenvalue weighted by molar-refractivity contribution is 0.0919. The third-order valence-electron chi connectivity index (χ3n) is 3.37. The normalized spacial score (nSPS) is 11.0. The van der Waals surface area contributed by atoms with E-state index in [-0.39, 0.29) is 12.4 Å². The Morgan fingerprint density at radius 1 is 1.17 bits per heavy atom. The molecule has 0 unspecified atom stereocenters. The summed E-state index contributed by atoms with van der Waals surface area (Å²) in [5.41, 5.74) is 4.19. The molecule has 0 aliphatic carbocycles. The Morgan fingerprint density at radius 2 is 1.78 bits per heavy atom. The van der Waals surface area contributed by atoms with Gasteiger partial charge in [0.2, 0.25) is 0 Å². The van der Waals surface area contributed by atoms with Crippen molar-refractivity contribution in [3.63, 3.8) is 0 Å². The Bertz CT molecular complexity index is 427. The summed E-state index contributed by atoms with van der Waals surface area (Å²) in [6.45, 7) is 9.84. The molecular weight excluding hydrogens is 226 g/mol. The van der Waals surface area contributed by atoms with E-state index in [2.05, 4.69) is 13.0 Å². The van der Waals surface area contributed by atoms with E-state index in [1.807, 2.05) is 31.7 Å². The summed E-state index contributed by atoms with van der Waals surface area (Å²) in [7, 11) is 0. The van der Waals surface area contributed by atoms with E-state index in [0.717, 1.165) is 23.2 Å². The molecule has 1 N–H and O–H groups in total. The van der Waals surface area contributed by atoms with Crippen LogP contribution in [0.1, 0.15) is 34.0 Å². The van der Waals surface area contributed by atoms with Crippen molar-refractivity contribution < 1.29 is 9.90 Å². The smallest absolute Gasteiger partial charge is 0.177 e. The Hall–Kier alpha value is -1.19. The molecule has 1 aromatic rings. The molecule has 0 bridgehead atoms. The highest BCUT2D eigenvalue weighted by atomic mass is 16.3. The maximum atomic E-state index is 12.2. The van der Waals surface area contributed by atoms with Crippen molar-refractivity contribution in [1.82, 2.24) is 4.90 Å². The fraction of sp³-hybridized carbons (Fsp3) is 0.533. The highest BCUT2D eigenvalue weighted by molar-refractivity contribution is 5.99. The van der Waals surface area contributed by atoms with E-state index in [0.29, 0.717) is 13.1 Å². The molecule has 0 saturated heterocycles. The van der Waals surface area contributed by atoms with Crippen LogP contribution in [0.25, 0.3) is 0 Å². The summed E-state index contributed by atoms with van der Waals surface area (Å²) >= 11 is 0. The summed E-state index contributed by atoms with van der Waals surface area (Å²) in [5, 5.41) is 8.93. The van der Waals surface area contributed by atoms with Crippen LogP contribution in [0, 0.1) is 20.8 Å². The Morgan fingerprint density at radius 3 is 2.33 bits per heavy atom. The quantitative estimate of drug-likeness (QED) is 0.785. The van der Waals surface area contributed by atoms with Gasteiger partial charge < -0.3 is 5.11 Å². The number of ketones is 1. The van der Waals surface area contributed by atoms with Gasteiger partial charge in [-0.2, -0.15) is 0 Å². The highest BCUT2D eigenvalue weighted by Gasteiger charge is 2.14. The molecule has 18 heavy (non-hydrogen) atoms. The molecule has 1 rings (SSSR count). The van der Waals surface area contributed by atoms with Crippen LogP contribution >= 0.6 is 0 Å². The first kappa shape index (κ1) is 14.9. The molecular formula is C15H23NO2. The van der Waals surface area contributed by atoms with Gasteiger partial charge in [-0.15, -0.1) is 0 Å². The number of aliphatic hydroxyl groups is 1. The number of carbonyl (C=O) groups excluding carboxylic acids is 1. The van der Waals surface area contributed by atoms with Gasteiger partial charge in [0.05, 0.1) is 13.2 Å². The lowest BCUT2D eigenvalue weighted by Gasteiger charge is -2.19. The standard InChI is InChI=1S/C15H23NO2/c1-5-16(6-7-17)10-15(18)14-9-12(3)11(2)8-13(14)4/h8-9,17H,5-7,10H2,1-4H3. The van der Waals surface area contributed by atoms with Gasteiger partial charge in [0.25, 0.3) is 0 Å². The lowest BCUT2D eigenvalue weighted by atomic mass is 9.98. The average molecular weight is 249 g/mol. The van der Waals surface area contributed by atoms with Crippen molar-refractivity contribution in [1.29, 1.82) is 0 Å². The summed E-state index contributed by atoms with van der Waals surface area (Å²) in [5.74, 6) is 0.130. The minimum absolute atomic E-state index is 0.0903. The number of Topliss-reactive ketones (excluding diaryl/α,β-unsaturated/α-hetero) is 1. The summed E-state index contributed by atoms with van der Waals surface area (Å²) in [6, 6.07) is 4.03. The molecule has 1 aromatic carbocycles. The number of likely N-dealkylation sites (N-methyl/N-ethyl adjacent to an activating group) is 1. The number of hydrogen-bond acceptors (Lipinski definition) is 3. The Kier molecular flexibility index (Phi) is 5.51. The maximum absolute atomic E-state index is 12.2. The first-order valence-electron chi connectivity index (χ1n) is 6.43. The van der Waals surface area contributed by atoms with Crippen LogP contribution in [0.5, 0.6) is 0 Å². The van der Waals surface area contributed by atoms with E-state index in [1.165, 1.54) is 5.56 Å². The second-order valence-electron chi connectivity index (χ2n) is 4.77. The second-order valence-corrected chi connectivity index (χ2v) is 4.77. The molecule has 0 heterocycles. The van der Waals surface area contributed by atoms with E-state index in [1.54, 1.807) is 0 Å². The fourth-order valence-corrected chi connectivity index (χ4v) is 2.04. The van der Waals surface area contributed by atoms with Crippen LogP contribution in [0.4, 0.5) is 0 Å². The number of carbonyl (C=O) groups is 1. The van der Waals surface area contributed by atoms with Crippen LogP contribution in [0.2, 0.25) is 0 Å². The molecule has 100 valence electrons. The third kappa shape index (κ3) is 3.65. The Labute approximate surface area is 109 Å². The number of aryl methyl sites for hydroxylation is 3. The molecule has 0 aliphatic heterocycles. The number of aliphatic hydroxyl groups excluding tert-OH is 1. The fourth-order valence-electron chi connectivity index (χ4n) is 2.04.